The van der Waals surface area contributed by atoms with Crippen molar-refractivity contribution >= 4 is 33.0 Å². The predicted octanol–water partition coefficient (Wildman–Crippen LogP) is 3.14. The molecule has 2 heterocycles. The average Bonchev–Trinajstić information content (AvgIpc) is 2.93. The Hall–Kier alpha value is -2.16. The average molecular weight is 425 g/mol. The maximum atomic E-state index is 13.0. The van der Waals surface area contributed by atoms with Crippen LogP contribution in [0.25, 0.3) is 0 Å². The molecule has 150 valence electrons. The molecule has 28 heavy (non-hydrogen) atoms. The van der Waals surface area contributed by atoms with E-state index in [4.69, 9.17) is 25.8 Å². The van der Waals surface area contributed by atoms with Crippen LogP contribution in [0.4, 0.5) is 11.4 Å². The molecule has 0 amide bonds. The Bertz CT molecular complexity index is 961. The third kappa shape index (κ3) is 4.14. The monoisotopic (exact) mass is 424 g/mol. The summed E-state index contributed by atoms with van der Waals surface area (Å²) in [6.07, 6.45) is 0.750. The lowest BCUT2D eigenvalue weighted by molar-refractivity contribution is 0.123. The molecular weight excluding hydrogens is 404 g/mol. The van der Waals surface area contributed by atoms with Gasteiger partial charge in [0.05, 0.1) is 42.7 Å². The van der Waals surface area contributed by atoms with Crippen LogP contribution in [0.5, 0.6) is 11.5 Å². The van der Waals surface area contributed by atoms with Crippen molar-refractivity contribution in [2.24, 2.45) is 0 Å². The largest absolute Gasteiger partial charge is 0.490 e. The van der Waals surface area contributed by atoms with Crippen LogP contribution in [0.3, 0.4) is 0 Å². The van der Waals surface area contributed by atoms with Crippen LogP contribution >= 0.6 is 11.6 Å². The van der Waals surface area contributed by atoms with Crippen LogP contribution in [-0.2, 0) is 14.8 Å². The first kappa shape index (κ1) is 19.2. The Labute approximate surface area is 169 Å². The zero-order valence-corrected chi connectivity index (χ0v) is 16.8. The van der Waals surface area contributed by atoms with E-state index in [-0.39, 0.29) is 4.90 Å². The van der Waals surface area contributed by atoms with Gasteiger partial charge in [0.15, 0.2) is 11.5 Å². The van der Waals surface area contributed by atoms with Gasteiger partial charge in [-0.1, -0.05) is 11.6 Å². The van der Waals surface area contributed by atoms with E-state index in [1.807, 2.05) is 6.07 Å². The topological polar surface area (TPSA) is 77.1 Å². The van der Waals surface area contributed by atoms with Gasteiger partial charge in [-0.05, 0) is 30.3 Å². The van der Waals surface area contributed by atoms with Crippen molar-refractivity contribution in [3.8, 4) is 11.5 Å². The molecule has 0 spiro atoms. The number of hydrogen-bond donors (Lipinski definition) is 1. The summed E-state index contributed by atoms with van der Waals surface area (Å²) < 4.78 is 45.3. The standard InChI is InChI=1S/C19H21ClN2O5S/c20-14-2-4-17(22-6-10-25-11-7-22)16(12-14)21-28(23,24)15-3-5-18-19(13-15)27-9-1-8-26-18/h2-5,12-13,21H,1,6-11H2. The number of morpholine rings is 1. The maximum Gasteiger partial charge on any atom is 0.262 e. The fourth-order valence-electron chi connectivity index (χ4n) is 3.18. The molecule has 7 nitrogen and oxygen atoms in total. The maximum absolute atomic E-state index is 13.0. The molecule has 2 aromatic rings. The van der Waals surface area contributed by atoms with E-state index in [0.29, 0.717) is 61.7 Å². The fraction of sp³-hybridized carbons (Fsp3) is 0.368. The van der Waals surface area contributed by atoms with Crippen LogP contribution < -0.4 is 19.1 Å². The van der Waals surface area contributed by atoms with Crippen molar-refractivity contribution in [1.29, 1.82) is 0 Å². The number of sulfonamides is 1. The number of anilines is 2. The first-order chi connectivity index (χ1) is 13.5. The summed E-state index contributed by atoms with van der Waals surface area (Å²) in [5.74, 6) is 0.980. The van der Waals surface area contributed by atoms with E-state index in [0.717, 1.165) is 12.1 Å². The molecule has 9 heteroatoms. The molecule has 0 aromatic heterocycles. The molecule has 1 saturated heterocycles. The number of fused-ring (bicyclic) bond motifs is 1. The minimum Gasteiger partial charge on any atom is -0.490 e. The van der Waals surface area contributed by atoms with Crippen LogP contribution in [0.2, 0.25) is 5.02 Å². The van der Waals surface area contributed by atoms with Crippen molar-refractivity contribution in [1.82, 2.24) is 0 Å². The van der Waals surface area contributed by atoms with Gasteiger partial charge in [-0.25, -0.2) is 8.42 Å². The molecule has 1 N–H and O–H groups in total. The van der Waals surface area contributed by atoms with Gasteiger partial charge in [-0.2, -0.15) is 0 Å². The normalized spacial score (nSPS) is 17.1. The Morgan fingerprint density at radius 3 is 2.46 bits per heavy atom. The molecule has 0 unspecified atom stereocenters. The summed E-state index contributed by atoms with van der Waals surface area (Å²) in [5, 5.41) is 0.452. The second-order valence-corrected chi connectivity index (χ2v) is 8.64. The zero-order valence-electron chi connectivity index (χ0n) is 15.2. The van der Waals surface area contributed by atoms with Gasteiger partial charge in [-0.3, -0.25) is 4.72 Å². The highest BCUT2D eigenvalue weighted by atomic mass is 35.5. The molecule has 2 aliphatic heterocycles. The van der Waals surface area contributed by atoms with E-state index >= 15 is 0 Å². The van der Waals surface area contributed by atoms with Gasteiger partial charge in [0.1, 0.15) is 0 Å². The molecule has 0 saturated carbocycles. The summed E-state index contributed by atoms with van der Waals surface area (Å²) in [7, 11) is -3.84. The van der Waals surface area contributed by atoms with Crippen LogP contribution in [-0.4, -0.2) is 47.9 Å². The van der Waals surface area contributed by atoms with Crippen LogP contribution in [0.1, 0.15) is 6.42 Å². The van der Waals surface area contributed by atoms with Crippen molar-refractivity contribution in [2.45, 2.75) is 11.3 Å². The fourth-order valence-corrected chi connectivity index (χ4v) is 4.44. The van der Waals surface area contributed by atoms with Gasteiger partial charge >= 0.3 is 0 Å². The number of benzene rings is 2. The van der Waals surface area contributed by atoms with Gasteiger partial charge in [0.2, 0.25) is 0 Å². The molecular formula is C19H21ClN2O5S. The van der Waals surface area contributed by atoms with Gasteiger partial charge in [-0.15, -0.1) is 0 Å². The summed E-state index contributed by atoms with van der Waals surface area (Å²) in [6.45, 7) is 3.58. The minimum atomic E-state index is -3.84. The summed E-state index contributed by atoms with van der Waals surface area (Å²) in [4.78, 5) is 2.18. The first-order valence-electron chi connectivity index (χ1n) is 9.08. The molecule has 0 bridgehead atoms. The molecule has 0 radical (unpaired) electrons. The third-order valence-corrected chi connectivity index (χ3v) is 6.18. The second kappa shape index (κ2) is 8.06. The summed E-state index contributed by atoms with van der Waals surface area (Å²) >= 11 is 6.13. The lowest BCUT2D eigenvalue weighted by Crippen LogP contribution is -2.36. The van der Waals surface area contributed by atoms with Crippen LogP contribution in [0.15, 0.2) is 41.3 Å². The van der Waals surface area contributed by atoms with E-state index in [2.05, 4.69) is 9.62 Å². The highest BCUT2D eigenvalue weighted by Gasteiger charge is 2.22. The number of ether oxygens (including phenoxy) is 3. The Kier molecular flexibility index (Phi) is 5.52. The van der Waals surface area contributed by atoms with Crippen molar-refractivity contribution in [2.75, 3.05) is 49.1 Å². The number of nitrogens with one attached hydrogen (secondary N) is 1. The minimum absolute atomic E-state index is 0.102. The van der Waals surface area contributed by atoms with Gasteiger partial charge in [0, 0.05) is 30.6 Å². The Morgan fingerprint density at radius 1 is 0.929 bits per heavy atom. The number of halogens is 1. The second-order valence-electron chi connectivity index (χ2n) is 6.53. The first-order valence-corrected chi connectivity index (χ1v) is 10.9. The summed E-state index contributed by atoms with van der Waals surface area (Å²) in [6, 6.07) is 9.80. The molecule has 4 rings (SSSR count). The highest BCUT2D eigenvalue weighted by molar-refractivity contribution is 7.92. The molecule has 0 atom stereocenters. The number of rotatable bonds is 4. The van der Waals surface area contributed by atoms with Crippen molar-refractivity contribution < 1.29 is 22.6 Å². The van der Waals surface area contributed by atoms with Crippen molar-refractivity contribution in [3.05, 3.63) is 41.4 Å². The summed E-state index contributed by atoms with van der Waals surface area (Å²) in [5.41, 5.74) is 1.20. The molecule has 2 aromatic carbocycles. The molecule has 0 aliphatic carbocycles. The van der Waals surface area contributed by atoms with Crippen LogP contribution in [0, 0.1) is 0 Å². The van der Waals surface area contributed by atoms with E-state index < -0.39 is 10.0 Å². The number of hydrogen-bond acceptors (Lipinski definition) is 6. The number of nitrogens with zero attached hydrogens (tertiary/aromatic N) is 1. The SMILES string of the molecule is O=S(=O)(Nc1cc(Cl)ccc1N1CCOCC1)c1ccc2c(c1)OCCCO2. The van der Waals surface area contributed by atoms with E-state index in [1.165, 1.54) is 12.1 Å². The van der Waals surface area contributed by atoms with E-state index in [9.17, 15) is 8.42 Å². The Balaban J connectivity index is 1.65. The lowest BCUT2D eigenvalue weighted by atomic mass is 10.2. The lowest BCUT2D eigenvalue weighted by Gasteiger charge is -2.30. The van der Waals surface area contributed by atoms with E-state index in [1.54, 1.807) is 18.2 Å². The van der Waals surface area contributed by atoms with Gasteiger partial charge in [0.25, 0.3) is 10.0 Å². The molecule has 1 fully saturated rings. The highest BCUT2D eigenvalue weighted by Crippen LogP contribution is 2.35. The molecule has 2 aliphatic rings. The van der Waals surface area contributed by atoms with Gasteiger partial charge < -0.3 is 19.1 Å². The third-order valence-electron chi connectivity index (χ3n) is 4.58. The quantitative estimate of drug-likeness (QED) is 0.812. The van der Waals surface area contributed by atoms with Crippen molar-refractivity contribution in [3.63, 3.8) is 0 Å². The zero-order chi connectivity index (χ0) is 19.6. The Morgan fingerprint density at radius 2 is 1.68 bits per heavy atom. The smallest absolute Gasteiger partial charge is 0.262 e. The predicted molar refractivity (Wildman–Crippen MR) is 107 cm³/mol.